The fraction of sp³-hybridized carbons (Fsp3) is 0.500. The van der Waals surface area contributed by atoms with Crippen LogP contribution < -0.4 is 4.90 Å². The number of aryl methyl sites for hydroxylation is 1. The molecule has 3 heterocycles. The summed E-state index contributed by atoms with van der Waals surface area (Å²) < 4.78 is 0. The second-order valence-electron chi connectivity index (χ2n) is 5.79. The minimum Gasteiger partial charge on any atom is -0.346 e. The van der Waals surface area contributed by atoms with Crippen LogP contribution in [0.25, 0.3) is 0 Å². The topological polar surface area (TPSA) is 54.8 Å². The van der Waals surface area contributed by atoms with Crippen molar-refractivity contribution in [2.75, 3.05) is 11.4 Å². The Morgan fingerprint density at radius 2 is 1.81 bits per heavy atom. The number of hydrogen-bond acceptors (Lipinski definition) is 5. The fourth-order valence-electron chi connectivity index (χ4n) is 3.52. The molecule has 1 aliphatic heterocycles. The van der Waals surface area contributed by atoms with Crippen LogP contribution >= 0.6 is 0 Å². The molecule has 2 aliphatic rings. The van der Waals surface area contributed by atoms with Crippen molar-refractivity contribution in [2.24, 2.45) is 0 Å². The van der Waals surface area contributed by atoms with Gasteiger partial charge in [0.15, 0.2) is 5.82 Å². The fourth-order valence-corrected chi connectivity index (χ4v) is 3.52. The Kier molecular flexibility index (Phi) is 3.25. The smallest absolute Gasteiger partial charge is 0.150 e. The quantitative estimate of drug-likeness (QED) is 0.846. The lowest BCUT2D eigenvalue weighted by molar-refractivity contribution is 0.631. The van der Waals surface area contributed by atoms with E-state index in [-0.39, 0.29) is 6.04 Å². The van der Waals surface area contributed by atoms with Crippen molar-refractivity contribution in [3.8, 4) is 0 Å². The SMILES string of the molecule is c1cnc(C2CCCN2c2ncnc3c2CCCC3)nc1. The predicted molar refractivity (Wildman–Crippen MR) is 80.0 cm³/mol. The van der Waals surface area contributed by atoms with E-state index in [4.69, 9.17) is 0 Å². The summed E-state index contributed by atoms with van der Waals surface area (Å²) in [6.45, 7) is 1.03. The molecule has 0 spiro atoms. The van der Waals surface area contributed by atoms with Gasteiger partial charge >= 0.3 is 0 Å². The lowest BCUT2D eigenvalue weighted by Crippen LogP contribution is -2.27. The first-order valence-electron chi connectivity index (χ1n) is 7.80. The molecular weight excluding hydrogens is 262 g/mol. The van der Waals surface area contributed by atoms with E-state index in [0.29, 0.717) is 0 Å². The van der Waals surface area contributed by atoms with Gasteiger partial charge in [-0.15, -0.1) is 0 Å². The Bertz CT molecular complexity index is 628. The maximum atomic E-state index is 4.61. The molecule has 2 aromatic heterocycles. The molecule has 0 radical (unpaired) electrons. The molecule has 0 bridgehead atoms. The minimum atomic E-state index is 0.257. The van der Waals surface area contributed by atoms with E-state index in [1.54, 1.807) is 6.33 Å². The number of nitrogens with zero attached hydrogens (tertiary/aromatic N) is 5. The molecule has 0 amide bonds. The minimum absolute atomic E-state index is 0.257. The van der Waals surface area contributed by atoms with Gasteiger partial charge in [-0.05, 0) is 44.6 Å². The molecule has 108 valence electrons. The second kappa shape index (κ2) is 5.39. The van der Waals surface area contributed by atoms with Crippen molar-refractivity contribution in [1.29, 1.82) is 0 Å². The molecule has 1 saturated heterocycles. The van der Waals surface area contributed by atoms with Gasteiger partial charge in [-0.3, -0.25) is 0 Å². The Balaban J connectivity index is 1.72. The zero-order valence-electron chi connectivity index (χ0n) is 12.1. The highest BCUT2D eigenvalue weighted by molar-refractivity contribution is 5.51. The molecule has 2 aromatic rings. The third-order valence-corrected chi connectivity index (χ3v) is 4.51. The third kappa shape index (κ3) is 2.26. The normalized spacial score (nSPS) is 21.3. The van der Waals surface area contributed by atoms with Gasteiger partial charge in [0, 0.05) is 30.2 Å². The van der Waals surface area contributed by atoms with E-state index in [1.807, 2.05) is 18.5 Å². The van der Waals surface area contributed by atoms with Crippen molar-refractivity contribution in [3.63, 3.8) is 0 Å². The molecule has 1 aliphatic carbocycles. The van der Waals surface area contributed by atoms with Gasteiger partial charge in [0.05, 0.1) is 6.04 Å². The number of aromatic nitrogens is 4. The third-order valence-electron chi connectivity index (χ3n) is 4.51. The summed E-state index contributed by atoms with van der Waals surface area (Å²) in [5, 5.41) is 0. The van der Waals surface area contributed by atoms with Crippen LogP contribution in [0.2, 0.25) is 0 Å². The van der Waals surface area contributed by atoms with Crippen molar-refractivity contribution < 1.29 is 0 Å². The van der Waals surface area contributed by atoms with Crippen LogP contribution in [0.15, 0.2) is 24.8 Å². The lowest BCUT2D eigenvalue weighted by atomic mass is 9.96. The van der Waals surface area contributed by atoms with Crippen LogP contribution in [0.1, 0.15) is 48.8 Å². The summed E-state index contributed by atoms with van der Waals surface area (Å²) in [5.41, 5.74) is 2.59. The highest BCUT2D eigenvalue weighted by Crippen LogP contribution is 2.37. The van der Waals surface area contributed by atoms with Gasteiger partial charge < -0.3 is 4.90 Å². The molecule has 5 nitrogen and oxygen atoms in total. The summed E-state index contributed by atoms with van der Waals surface area (Å²) in [6.07, 6.45) is 12.3. The van der Waals surface area contributed by atoms with Crippen LogP contribution in [0, 0.1) is 0 Å². The van der Waals surface area contributed by atoms with Gasteiger partial charge in [0.1, 0.15) is 12.1 Å². The first kappa shape index (κ1) is 12.7. The zero-order chi connectivity index (χ0) is 14.1. The highest BCUT2D eigenvalue weighted by atomic mass is 15.3. The average molecular weight is 281 g/mol. The average Bonchev–Trinajstić information content (AvgIpc) is 3.04. The Labute approximate surface area is 124 Å². The summed E-state index contributed by atoms with van der Waals surface area (Å²) in [4.78, 5) is 20.4. The van der Waals surface area contributed by atoms with E-state index >= 15 is 0 Å². The summed E-state index contributed by atoms with van der Waals surface area (Å²) in [7, 11) is 0. The van der Waals surface area contributed by atoms with Gasteiger partial charge in [0.2, 0.25) is 0 Å². The standard InChI is InChI=1S/C16H19N5/c1-2-6-13-12(5-1)16(20-11-19-13)21-10-3-7-14(21)15-17-8-4-9-18-15/h4,8-9,11,14H,1-3,5-7,10H2. The van der Waals surface area contributed by atoms with E-state index in [1.165, 1.54) is 30.5 Å². The van der Waals surface area contributed by atoms with Crippen LogP contribution in [-0.2, 0) is 12.8 Å². The molecule has 1 unspecified atom stereocenters. The molecule has 4 rings (SSSR count). The molecule has 0 aromatic carbocycles. The predicted octanol–water partition coefficient (Wildman–Crippen LogP) is 2.49. The molecule has 1 fully saturated rings. The number of rotatable bonds is 2. The summed E-state index contributed by atoms with van der Waals surface area (Å²) >= 11 is 0. The van der Waals surface area contributed by atoms with Crippen molar-refractivity contribution >= 4 is 5.82 Å². The van der Waals surface area contributed by atoms with E-state index in [2.05, 4.69) is 24.8 Å². The lowest BCUT2D eigenvalue weighted by Gasteiger charge is -2.28. The number of fused-ring (bicyclic) bond motifs is 1. The molecule has 1 atom stereocenters. The van der Waals surface area contributed by atoms with Gasteiger partial charge in [-0.25, -0.2) is 19.9 Å². The Morgan fingerprint density at radius 3 is 2.71 bits per heavy atom. The Hall–Kier alpha value is -2.04. The van der Waals surface area contributed by atoms with Gasteiger partial charge in [-0.2, -0.15) is 0 Å². The molecule has 21 heavy (non-hydrogen) atoms. The van der Waals surface area contributed by atoms with Crippen LogP contribution in [0.5, 0.6) is 0 Å². The van der Waals surface area contributed by atoms with Crippen molar-refractivity contribution in [1.82, 2.24) is 19.9 Å². The van der Waals surface area contributed by atoms with Gasteiger partial charge in [-0.1, -0.05) is 0 Å². The first-order chi connectivity index (χ1) is 10.4. The van der Waals surface area contributed by atoms with Gasteiger partial charge in [0.25, 0.3) is 0 Å². The van der Waals surface area contributed by atoms with Crippen LogP contribution in [0.4, 0.5) is 5.82 Å². The maximum absolute atomic E-state index is 4.61. The Morgan fingerprint density at radius 1 is 0.952 bits per heavy atom. The van der Waals surface area contributed by atoms with E-state index in [0.717, 1.165) is 37.4 Å². The molecule has 5 heteroatoms. The van der Waals surface area contributed by atoms with Crippen molar-refractivity contribution in [3.05, 3.63) is 41.9 Å². The monoisotopic (exact) mass is 281 g/mol. The molecule has 0 N–H and O–H groups in total. The summed E-state index contributed by atoms with van der Waals surface area (Å²) in [6, 6.07) is 2.13. The van der Waals surface area contributed by atoms with Crippen molar-refractivity contribution in [2.45, 2.75) is 44.6 Å². The highest BCUT2D eigenvalue weighted by Gasteiger charge is 2.31. The number of anilines is 1. The zero-order valence-corrected chi connectivity index (χ0v) is 12.1. The van der Waals surface area contributed by atoms with Crippen LogP contribution in [-0.4, -0.2) is 26.5 Å². The maximum Gasteiger partial charge on any atom is 0.150 e. The molecule has 0 saturated carbocycles. The van der Waals surface area contributed by atoms with E-state index < -0.39 is 0 Å². The molecular formula is C16H19N5. The second-order valence-corrected chi connectivity index (χ2v) is 5.79. The van der Waals surface area contributed by atoms with E-state index in [9.17, 15) is 0 Å². The number of hydrogen-bond donors (Lipinski definition) is 0. The first-order valence-corrected chi connectivity index (χ1v) is 7.80. The summed E-state index contributed by atoms with van der Waals surface area (Å²) in [5.74, 6) is 2.04. The van der Waals surface area contributed by atoms with Crippen LogP contribution in [0.3, 0.4) is 0 Å². The largest absolute Gasteiger partial charge is 0.346 e.